The molecule has 0 aromatic heterocycles. The Hall–Kier alpha value is -1.30. The zero-order chi connectivity index (χ0) is 15.1. The fourth-order valence-electron chi connectivity index (χ4n) is 2.66. The van der Waals surface area contributed by atoms with Crippen LogP contribution in [0, 0.1) is 17.8 Å². The average Bonchev–Trinajstić information content (AvgIpc) is 2.83. The lowest BCUT2D eigenvalue weighted by atomic mass is 9.94. The van der Waals surface area contributed by atoms with Crippen molar-refractivity contribution in [2.75, 3.05) is 26.2 Å². The summed E-state index contributed by atoms with van der Waals surface area (Å²) < 4.78 is 0. The van der Waals surface area contributed by atoms with Crippen LogP contribution in [0.25, 0.3) is 0 Å². The first-order valence-corrected chi connectivity index (χ1v) is 7.27. The van der Waals surface area contributed by atoms with Crippen molar-refractivity contribution < 1.29 is 19.8 Å². The Morgan fingerprint density at radius 2 is 2.10 bits per heavy atom. The molecular weight excluding hydrogens is 260 g/mol. The van der Waals surface area contributed by atoms with E-state index in [4.69, 9.17) is 10.2 Å². The van der Waals surface area contributed by atoms with E-state index in [1.165, 1.54) is 0 Å². The molecular formula is C14H26N2O4. The number of amides is 2. The minimum atomic E-state index is -0.827. The quantitative estimate of drug-likeness (QED) is 0.655. The van der Waals surface area contributed by atoms with Gasteiger partial charge < -0.3 is 20.4 Å². The standard InChI is InChI=1S/C14H26N2O4/c1-10(2)5-12(6-13(18)19)7-15-14(20)16-4-3-11(8-16)9-17/h10-12,17H,3-9H2,1-2H3,(H,15,20)(H,18,19). The van der Waals surface area contributed by atoms with Crippen LogP contribution in [0.2, 0.25) is 0 Å². The summed E-state index contributed by atoms with van der Waals surface area (Å²) >= 11 is 0. The lowest BCUT2D eigenvalue weighted by Gasteiger charge is -2.21. The van der Waals surface area contributed by atoms with Crippen molar-refractivity contribution in [3.63, 3.8) is 0 Å². The van der Waals surface area contributed by atoms with E-state index in [0.717, 1.165) is 12.8 Å². The number of aliphatic carboxylic acids is 1. The van der Waals surface area contributed by atoms with Crippen molar-refractivity contribution in [3.8, 4) is 0 Å². The van der Waals surface area contributed by atoms with E-state index in [1.807, 2.05) is 13.8 Å². The highest BCUT2D eigenvalue weighted by molar-refractivity contribution is 5.74. The topological polar surface area (TPSA) is 89.9 Å². The number of urea groups is 1. The van der Waals surface area contributed by atoms with E-state index in [-0.39, 0.29) is 30.9 Å². The van der Waals surface area contributed by atoms with Crippen molar-refractivity contribution in [3.05, 3.63) is 0 Å². The molecule has 1 heterocycles. The number of carboxylic acids is 1. The number of likely N-dealkylation sites (tertiary alicyclic amines) is 1. The van der Waals surface area contributed by atoms with E-state index < -0.39 is 5.97 Å². The first-order valence-electron chi connectivity index (χ1n) is 7.27. The molecule has 3 N–H and O–H groups in total. The molecule has 0 saturated carbocycles. The van der Waals surface area contributed by atoms with Gasteiger partial charge in [0.05, 0.1) is 0 Å². The summed E-state index contributed by atoms with van der Waals surface area (Å²) in [5, 5.41) is 20.8. The Bertz CT molecular complexity index is 333. The normalized spacial score (nSPS) is 20.2. The van der Waals surface area contributed by atoms with Crippen molar-refractivity contribution in [2.45, 2.75) is 33.1 Å². The van der Waals surface area contributed by atoms with Crippen molar-refractivity contribution in [1.29, 1.82) is 0 Å². The summed E-state index contributed by atoms with van der Waals surface area (Å²) in [5.41, 5.74) is 0. The first-order chi connectivity index (χ1) is 9.42. The first kappa shape index (κ1) is 16.8. The lowest BCUT2D eigenvalue weighted by Crippen LogP contribution is -2.41. The number of nitrogens with zero attached hydrogens (tertiary/aromatic N) is 1. The monoisotopic (exact) mass is 286 g/mol. The number of carboxylic acid groups (broad SMARTS) is 1. The minimum Gasteiger partial charge on any atom is -0.481 e. The van der Waals surface area contributed by atoms with Gasteiger partial charge >= 0.3 is 12.0 Å². The Kier molecular flexibility index (Phi) is 6.78. The van der Waals surface area contributed by atoms with E-state index in [0.29, 0.717) is 25.6 Å². The molecule has 0 aromatic rings. The number of rotatable bonds is 7. The molecule has 6 nitrogen and oxygen atoms in total. The third-order valence-electron chi connectivity index (χ3n) is 3.64. The Morgan fingerprint density at radius 3 is 2.60 bits per heavy atom. The fraction of sp³-hybridized carbons (Fsp3) is 0.857. The summed E-state index contributed by atoms with van der Waals surface area (Å²) in [6.07, 6.45) is 1.69. The Balaban J connectivity index is 2.38. The van der Waals surface area contributed by atoms with E-state index in [1.54, 1.807) is 4.90 Å². The maximum absolute atomic E-state index is 12.0. The van der Waals surface area contributed by atoms with Crippen LogP contribution in [0.1, 0.15) is 33.1 Å². The van der Waals surface area contributed by atoms with Crippen molar-refractivity contribution in [2.24, 2.45) is 17.8 Å². The molecule has 0 aliphatic carbocycles. The molecule has 1 aliphatic rings. The maximum atomic E-state index is 12.0. The second-order valence-corrected chi connectivity index (χ2v) is 6.06. The van der Waals surface area contributed by atoms with Gasteiger partial charge in [-0.1, -0.05) is 13.8 Å². The molecule has 0 spiro atoms. The molecule has 0 bridgehead atoms. The second kappa shape index (κ2) is 8.09. The highest BCUT2D eigenvalue weighted by Crippen LogP contribution is 2.17. The molecule has 20 heavy (non-hydrogen) atoms. The predicted octanol–water partition coefficient (Wildman–Crippen LogP) is 1.15. The van der Waals surface area contributed by atoms with Gasteiger partial charge in [-0.25, -0.2) is 4.79 Å². The van der Waals surface area contributed by atoms with Gasteiger partial charge in [0, 0.05) is 38.6 Å². The largest absolute Gasteiger partial charge is 0.481 e. The van der Waals surface area contributed by atoms with E-state index >= 15 is 0 Å². The highest BCUT2D eigenvalue weighted by atomic mass is 16.4. The summed E-state index contributed by atoms with van der Waals surface area (Å²) in [7, 11) is 0. The van der Waals surface area contributed by atoms with Gasteiger partial charge in [-0.15, -0.1) is 0 Å². The lowest BCUT2D eigenvalue weighted by molar-refractivity contribution is -0.138. The molecule has 1 fully saturated rings. The number of nitrogens with one attached hydrogen (secondary N) is 1. The third kappa shape index (κ3) is 5.77. The molecule has 1 rings (SSSR count). The van der Waals surface area contributed by atoms with Gasteiger partial charge in [0.25, 0.3) is 0 Å². The third-order valence-corrected chi connectivity index (χ3v) is 3.64. The molecule has 6 heteroatoms. The Morgan fingerprint density at radius 1 is 1.40 bits per heavy atom. The van der Waals surface area contributed by atoms with Crippen LogP contribution in [0.4, 0.5) is 4.79 Å². The predicted molar refractivity (Wildman–Crippen MR) is 75.4 cm³/mol. The number of hydrogen-bond acceptors (Lipinski definition) is 3. The van der Waals surface area contributed by atoms with Crippen LogP contribution in [0.15, 0.2) is 0 Å². The number of carbonyl (C=O) groups is 2. The van der Waals surface area contributed by atoms with E-state index in [9.17, 15) is 9.59 Å². The molecule has 1 saturated heterocycles. The van der Waals surface area contributed by atoms with Crippen molar-refractivity contribution >= 4 is 12.0 Å². The van der Waals surface area contributed by atoms with Crippen LogP contribution in [0.5, 0.6) is 0 Å². The second-order valence-electron chi connectivity index (χ2n) is 6.06. The Labute approximate surface area is 120 Å². The van der Waals surface area contributed by atoms with Gasteiger partial charge in [0.2, 0.25) is 0 Å². The number of hydrogen-bond donors (Lipinski definition) is 3. The molecule has 0 radical (unpaired) electrons. The molecule has 2 unspecified atom stereocenters. The zero-order valence-corrected chi connectivity index (χ0v) is 12.3. The van der Waals surface area contributed by atoms with Crippen LogP contribution in [-0.4, -0.2) is 53.4 Å². The number of aliphatic hydroxyl groups is 1. The summed E-state index contributed by atoms with van der Waals surface area (Å²) in [4.78, 5) is 24.5. The van der Waals surface area contributed by atoms with Gasteiger partial charge in [0.1, 0.15) is 0 Å². The number of aliphatic hydroxyl groups excluding tert-OH is 1. The summed E-state index contributed by atoms with van der Waals surface area (Å²) in [6, 6.07) is -0.153. The maximum Gasteiger partial charge on any atom is 0.317 e. The average molecular weight is 286 g/mol. The van der Waals surface area contributed by atoms with Crippen molar-refractivity contribution in [1.82, 2.24) is 10.2 Å². The van der Waals surface area contributed by atoms with E-state index in [2.05, 4.69) is 5.32 Å². The SMILES string of the molecule is CC(C)CC(CNC(=O)N1CCC(CO)C1)CC(=O)O. The highest BCUT2D eigenvalue weighted by Gasteiger charge is 2.26. The van der Waals surface area contributed by atoms with Gasteiger partial charge in [-0.2, -0.15) is 0 Å². The fourth-order valence-corrected chi connectivity index (χ4v) is 2.66. The molecule has 1 aliphatic heterocycles. The molecule has 0 aromatic carbocycles. The van der Waals surface area contributed by atoms with Gasteiger partial charge in [-0.05, 0) is 24.7 Å². The van der Waals surface area contributed by atoms with Crippen LogP contribution >= 0.6 is 0 Å². The van der Waals surface area contributed by atoms with Crippen LogP contribution in [0.3, 0.4) is 0 Å². The molecule has 2 atom stereocenters. The number of carbonyl (C=O) groups excluding carboxylic acids is 1. The van der Waals surface area contributed by atoms with Crippen LogP contribution < -0.4 is 5.32 Å². The zero-order valence-electron chi connectivity index (χ0n) is 12.3. The summed E-state index contributed by atoms with van der Waals surface area (Å²) in [6.45, 7) is 5.83. The smallest absolute Gasteiger partial charge is 0.317 e. The molecule has 116 valence electrons. The van der Waals surface area contributed by atoms with Gasteiger partial charge in [-0.3, -0.25) is 4.79 Å². The molecule has 2 amide bonds. The van der Waals surface area contributed by atoms with Gasteiger partial charge in [0.15, 0.2) is 0 Å². The van der Waals surface area contributed by atoms with Crippen LogP contribution in [-0.2, 0) is 4.79 Å². The summed E-state index contributed by atoms with van der Waals surface area (Å²) in [5.74, 6) is -0.285. The minimum absolute atomic E-state index is 0.0345.